The topological polar surface area (TPSA) is 20.2 Å². The molecule has 0 saturated carbocycles. The van der Waals surface area contributed by atoms with Crippen molar-refractivity contribution in [3.63, 3.8) is 0 Å². The molecule has 0 amide bonds. The van der Waals surface area contributed by atoms with Crippen LogP contribution in [0, 0.1) is 5.82 Å². The van der Waals surface area contributed by atoms with Crippen LogP contribution in [0.2, 0.25) is 0 Å². The fourth-order valence-corrected chi connectivity index (χ4v) is 2.48. The van der Waals surface area contributed by atoms with Crippen molar-refractivity contribution in [1.29, 1.82) is 0 Å². The zero-order valence-electron chi connectivity index (χ0n) is 10.0. The van der Waals surface area contributed by atoms with Crippen LogP contribution in [0.1, 0.15) is 18.1 Å². The molecule has 1 nitrogen and oxygen atoms in total. The van der Waals surface area contributed by atoms with Gasteiger partial charge in [0.1, 0.15) is 5.82 Å². The highest BCUT2D eigenvalue weighted by Gasteiger charge is 2.26. The van der Waals surface area contributed by atoms with Gasteiger partial charge in [-0.3, -0.25) is 0 Å². The maximum absolute atomic E-state index is 13.7. The molecule has 0 heterocycles. The number of benzene rings is 2. The zero-order valence-corrected chi connectivity index (χ0v) is 11.6. The molecule has 1 unspecified atom stereocenters. The van der Waals surface area contributed by atoms with Crippen LogP contribution >= 0.6 is 15.9 Å². The fourth-order valence-electron chi connectivity index (χ4n) is 2.04. The summed E-state index contributed by atoms with van der Waals surface area (Å²) in [7, 11) is 0. The van der Waals surface area contributed by atoms with Crippen LogP contribution in [-0.2, 0) is 12.0 Å². The highest BCUT2D eigenvalue weighted by atomic mass is 79.9. The second-order valence-electron chi connectivity index (χ2n) is 4.56. The molecule has 0 fully saturated rings. The van der Waals surface area contributed by atoms with Crippen LogP contribution in [0.15, 0.2) is 53.0 Å². The maximum Gasteiger partial charge on any atom is 0.129 e. The summed E-state index contributed by atoms with van der Waals surface area (Å²) in [6.45, 7) is 1.63. The van der Waals surface area contributed by atoms with E-state index in [9.17, 15) is 9.50 Å². The Kier molecular flexibility index (Phi) is 3.83. The van der Waals surface area contributed by atoms with Gasteiger partial charge in [0.2, 0.25) is 0 Å². The summed E-state index contributed by atoms with van der Waals surface area (Å²) in [5.74, 6) is -0.377. The van der Waals surface area contributed by atoms with Gasteiger partial charge in [0.15, 0.2) is 0 Å². The molecular weight excluding hydrogens is 295 g/mol. The molecule has 0 spiro atoms. The second-order valence-corrected chi connectivity index (χ2v) is 5.48. The van der Waals surface area contributed by atoms with Gasteiger partial charge in [-0.05, 0) is 30.7 Å². The lowest BCUT2D eigenvalue weighted by Gasteiger charge is -2.24. The lowest BCUT2D eigenvalue weighted by molar-refractivity contribution is 0.0538. The lowest BCUT2D eigenvalue weighted by atomic mass is 9.89. The number of hydrogen-bond donors (Lipinski definition) is 1. The van der Waals surface area contributed by atoms with Crippen molar-refractivity contribution in [1.82, 2.24) is 0 Å². The largest absolute Gasteiger partial charge is 0.385 e. The van der Waals surface area contributed by atoms with Crippen LogP contribution in [-0.4, -0.2) is 5.11 Å². The van der Waals surface area contributed by atoms with E-state index in [1.165, 1.54) is 6.07 Å². The Balaban J connectivity index is 2.30. The summed E-state index contributed by atoms with van der Waals surface area (Å²) in [5, 5.41) is 10.5. The molecule has 0 aliphatic rings. The van der Waals surface area contributed by atoms with E-state index in [1.54, 1.807) is 25.1 Å². The molecule has 1 N–H and O–H groups in total. The number of rotatable bonds is 3. The van der Waals surface area contributed by atoms with Gasteiger partial charge in [0.25, 0.3) is 0 Å². The molecule has 0 aromatic heterocycles. The van der Waals surface area contributed by atoms with Crippen LogP contribution in [0.3, 0.4) is 0 Å². The third kappa shape index (κ3) is 2.98. The minimum atomic E-state index is -1.22. The van der Waals surface area contributed by atoms with Gasteiger partial charge in [-0.15, -0.1) is 0 Å². The van der Waals surface area contributed by atoms with E-state index >= 15 is 0 Å². The van der Waals surface area contributed by atoms with Crippen molar-refractivity contribution in [3.8, 4) is 0 Å². The molecule has 94 valence electrons. The molecule has 0 saturated heterocycles. The summed E-state index contributed by atoms with van der Waals surface area (Å²) < 4.78 is 14.6. The van der Waals surface area contributed by atoms with E-state index in [1.807, 2.05) is 24.3 Å². The average molecular weight is 309 g/mol. The van der Waals surface area contributed by atoms with E-state index in [-0.39, 0.29) is 5.82 Å². The smallest absolute Gasteiger partial charge is 0.129 e. The van der Waals surface area contributed by atoms with E-state index < -0.39 is 5.60 Å². The molecular formula is C15H14BrFO. The molecule has 1 atom stereocenters. The Morgan fingerprint density at radius 1 is 1.17 bits per heavy atom. The first-order valence-electron chi connectivity index (χ1n) is 5.71. The highest BCUT2D eigenvalue weighted by molar-refractivity contribution is 9.10. The third-order valence-electron chi connectivity index (χ3n) is 2.89. The monoisotopic (exact) mass is 308 g/mol. The summed E-state index contributed by atoms with van der Waals surface area (Å²) in [6, 6.07) is 14.0. The normalized spacial score (nSPS) is 14.2. The molecule has 2 aromatic rings. The highest BCUT2D eigenvalue weighted by Crippen LogP contribution is 2.28. The maximum atomic E-state index is 13.7. The fraction of sp³-hybridized carbons (Fsp3) is 0.200. The van der Waals surface area contributed by atoms with Crippen LogP contribution in [0.25, 0.3) is 0 Å². The predicted molar refractivity (Wildman–Crippen MR) is 73.8 cm³/mol. The first kappa shape index (κ1) is 13.2. The van der Waals surface area contributed by atoms with Gasteiger partial charge in [0, 0.05) is 16.5 Å². The van der Waals surface area contributed by atoms with E-state index in [2.05, 4.69) is 15.9 Å². The quantitative estimate of drug-likeness (QED) is 0.907. The average Bonchev–Trinajstić information content (AvgIpc) is 2.28. The lowest BCUT2D eigenvalue weighted by Crippen LogP contribution is -2.25. The summed E-state index contributed by atoms with van der Waals surface area (Å²) >= 11 is 3.38. The first-order valence-corrected chi connectivity index (χ1v) is 6.50. The standard InChI is InChI=1S/C15H14BrFO/c1-15(18,13-7-2-3-8-14(13)17)10-11-5-4-6-12(16)9-11/h2-9,18H,10H2,1H3. The Morgan fingerprint density at radius 3 is 2.56 bits per heavy atom. The van der Waals surface area contributed by atoms with Gasteiger partial charge in [-0.1, -0.05) is 46.3 Å². The van der Waals surface area contributed by atoms with Crippen LogP contribution in [0.5, 0.6) is 0 Å². The van der Waals surface area contributed by atoms with Crippen LogP contribution in [0.4, 0.5) is 4.39 Å². The first-order chi connectivity index (χ1) is 8.49. The Hall–Kier alpha value is -1.19. The molecule has 0 radical (unpaired) electrons. The van der Waals surface area contributed by atoms with E-state index in [0.29, 0.717) is 12.0 Å². The van der Waals surface area contributed by atoms with E-state index in [0.717, 1.165) is 10.0 Å². The Bertz CT molecular complexity index is 552. The molecule has 0 aliphatic heterocycles. The predicted octanol–water partition coefficient (Wildman–Crippen LogP) is 4.04. The SMILES string of the molecule is CC(O)(Cc1cccc(Br)c1)c1ccccc1F. The van der Waals surface area contributed by atoms with Gasteiger partial charge in [-0.2, -0.15) is 0 Å². The summed E-state index contributed by atoms with van der Waals surface area (Å²) in [6.07, 6.45) is 0.368. The summed E-state index contributed by atoms with van der Waals surface area (Å²) in [4.78, 5) is 0. The van der Waals surface area contributed by atoms with Crippen molar-refractivity contribution in [2.45, 2.75) is 18.9 Å². The van der Waals surface area contributed by atoms with Crippen molar-refractivity contribution in [2.75, 3.05) is 0 Å². The molecule has 2 aromatic carbocycles. The molecule has 3 heteroatoms. The molecule has 0 bridgehead atoms. The molecule has 0 aliphatic carbocycles. The summed E-state index contributed by atoms with van der Waals surface area (Å²) in [5.41, 5.74) is 0.0641. The minimum absolute atomic E-state index is 0.324. The van der Waals surface area contributed by atoms with Crippen molar-refractivity contribution < 1.29 is 9.50 Å². The molecule has 2 rings (SSSR count). The molecule has 18 heavy (non-hydrogen) atoms. The second kappa shape index (κ2) is 5.21. The zero-order chi connectivity index (χ0) is 13.2. The van der Waals surface area contributed by atoms with Gasteiger partial charge >= 0.3 is 0 Å². The van der Waals surface area contributed by atoms with Crippen molar-refractivity contribution >= 4 is 15.9 Å². The van der Waals surface area contributed by atoms with Crippen molar-refractivity contribution in [2.24, 2.45) is 0 Å². The van der Waals surface area contributed by atoms with Gasteiger partial charge < -0.3 is 5.11 Å². The number of aliphatic hydroxyl groups is 1. The van der Waals surface area contributed by atoms with Crippen molar-refractivity contribution in [3.05, 3.63) is 69.9 Å². The van der Waals surface area contributed by atoms with Crippen LogP contribution < -0.4 is 0 Å². The Morgan fingerprint density at radius 2 is 1.89 bits per heavy atom. The number of halogens is 2. The Labute approximate surface area is 114 Å². The van der Waals surface area contributed by atoms with Gasteiger partial charge in [0.05, 0.1) is 5.60 Å². The third-order valence-corrected chi connectivity index (χ3v) is 3.38. The van der Waals surface area contributed by atoms with Gasteiger partial charge in [-0.25, -0.2) is 4.39 Å². The minimum Gasteiger partial charge on any atom is -0.385 e. The van der Waals surface area contributed by atoms with E-state index in [4.69, 9.17) is 0 Å². The number of hydrogen-bond acceptors (Lipinski definition) is 1.